The van der Waals surface area contributed by atoms with Gasteiger partial charge in [0.1, 0.15) is 11.5 Å². The molecule has 0 radical (unpaired) electrons. The van der Waals surface area contributed by atoms with Crippen LogP contribution < -0.4 is 0 Å². The van der Waals surface area contributed by atoms with Gasteiger partial charge in [-0.25, -0.2) is 0 Å². The lowest BCUT2D eigenvalue weighted by Gasteiger charge is -1.98. The first-order chi connectivity index (χ1) is 7.30. The minimum absolute atomic E-state index is 0.0769. The Bertz CT molecular complexity index is 368. The van der Waals surface area contributed by atoms with Crippen LogP contribution in [0.4, 0.5) is 0 Å². The lowest BCUT2D eigenvalue weighted by Crippen LogP contribution is -2.01. The van der Waals surface area contributed by atoms with E-state index in [0.29, 0.717) is 0 Å². The Morgan fingerprint density at radius 2 is 2.33 bits per heavy atom. The maximum atomic E-state index is 5.50. The molecule has 1 aromatic heterocycles. The van der Waals surface area contributed by atoms with Gasteiger partial charge in [0.15, 0.2) is 0 Å². The van der Waals surface area contributed by atoms with Crippen LogP contribution in [0.25, 0.3) is 0 Å². The number of unbranched alkanes of at least 4 members (excludes halogenated alkanes) is 2. The van der Waals surface area contributed by atoms with Crippen molar-refractivity contribution in [1.82, 2.24) is 5.16 Å². The van der Waals surface area contributed by atoms with E-state index < -0.39 is 0 Å². The smallest absolute Gasteiger partial charge is 0.137 e. The summed E-state index contributed by atoms with van der Waals surface area (Å²) in [5.74, 6) is 3.81. The normalized spacial score (nSPS) is 17.3. The molecule has 0 N–H and O–H groups in total. The highest BCUT2D eigenvalue weighted by molar-refractivity contribution is 5.36. The average Bonchev–Trinajstić information content (AvgIpc) is 2.92. The third kappa shape index (κ3) is 2.07. The number of aryl methyl sites for hydroxylation is 1. The van der Waals surface area contributed by atoms with E-state index in [9.17, 15) is 0 Å². The monoisotopic (exact) mass is 203 g/mol. The molecular formula is C13H17NO. The summed E-state index contributed by atoms with van der Waals surface area (Å²) in [6.07, 6.45) is 12.3. The van der Waals surface area contributed by atoms with Crippen LogP contribution in [0.5, 0.6) is 0 Å². The summed E-state index contributed by atoms with van der Waals surface area (Å²) >= 11 is 0. The van der Waals surface area contributed by atoms with E-state index in [1.807, 2.05) is 6.07 Å². The average molecular weight is 203 g/mol. The minimum Gasteiger partial charge on any atom is -0.361 e. The predicted octanol–water partition coefficient (Wildman–Crippen LogP) is 3.07. The number of nitrogens with zero attached hydrogens (tertiary/aromatic N) is 1. The molecule has 80 valence electrons. The molecular weight excluding hydrogens is 186 g/mol. The standard InChI is InChI=1S/C13H17NO/c1-3-5-6-7-11-10-12(14-15-11)13(4-2)8-9-13/h2,10H,3,5-9H2,1H3. The van der Waals surface area contributed by atoms with Crippen molar-refractivity contribution < 1.29 is 4.52 Å². The first-order valence-electron chi connectivity index (χ1n) is 5.74. The van der Waals surface area contributed by atoms with Crippen molar-refractivity contribution in [2.75, 3.05) is 0 Å². The molecule has 1 aliphatic carbocycles. The summed E-state index contributed by atoms with van der Waals surface area (Å²) in [6, 6.07) is 2.04. The van der Waals surface area contributed by atoms with Crippen molar-refractivity contribution in [1.29, 1.82) is 0 Å². The van der Waals surface area contributed by atoms with E-state index in [1.54, 1.807) is 0 Å². The second kappa shape index (κ2) is 4.10. The molecule has 0 bridgehead atoms. The van der Waals surface area contributed by atoms with Crippen molar-refractivity contribution in [3.63, 3.8) is 0 Å². The second-order valence-corrected chi connectivity index (χ2v) is 4.36. The van der Waals surface area contributed by atoms with Crippen molar-refractivity contribution in [2.24, 2.45) is 0 Å². The molecule has 1 saturated carbocycles. The zero-order chi connectivity index (χ0) is 10.7. The van der Waals surface area contributed by atoms with Gasteiger partial charge in [-0.3, -0.25) is 0 Å². The summed E-state index contributed by atoms with van der Waals surface area (Å²) < 4.78 is 5.29. The molecule has 2 rings (SSSR count). The van der Waals surface area contributed by atoms with Crippen molar-refractivity contribution >= 4 is 0 Å². The molecule has 0 aliphatic heterocycles. The van der Waals surface area contributed by atoms with Gasteiger partial charge in [0.25, 0.3) is 0 Å². The lowest BCUT2D eigenvalue weighted by molar-refractivity contribution is 0.371. The molecule has 1 aliphatic rings. The first-order valence-corrected chi connectivity index (χ1v) is 5.74. The number of hydrogen-bond donors (Lipinski definition) is 0. The molecule has 1 fully saturated rings. The molecule has 1 aromatic rings. The van der Waals surface area contributed by atoms with Gasteiger partial charge >= 0.3 is 0 Å². The fraction of sp³-hybridized carbons (Fsp3) is 0.615. The molecule has 0 unspecified atom stereocenters. The van der Waals surface area contributed by atoms with Crippen LogP contribution in [0, 0.1) is 12.3 Å². The summed E-state index contributed by atoms with van der Waals surface area (Å²) in [7, 11) is 0. The Labute approximate surface area is 91.0 Å². The number of rotatable bonds is 5. The lowest BCUT2D eigenvalue weighted by atomic mass is 10.0. The van der Waals surface area contributed by atoms with E-state index >= 15 is 0 Å². The van der Waals surface area contributed by atoms with Crippen molar-refractivity contribution in [2.45, 2.75) is 50.9 Å². The Balaban J connectivity index is 1.96. The Morgan fingerprint density at radius 1 is 1.53 bits per heavy atom. The van der Waals surface area contributed by atoms with Crippen molar-refractivity contribution in [3.8, 4) is 12.3 Å². The molecule has 0 atom stereocenters. The van der Waals surface area contributed by atoms with E-state index in [1.165, 1.54) is 19.3 Å². The van der Waals surface area contributed by atoms with Gasteiger partial charge < -0.3 is 4.52 Å². The highest BCUT2D eigenvalue weighted by Gasteiger charge is 2.45. The van der Waals surface area contributed by atoms with E-state index in [-0.39, 0.29) is 5.41 Å². The minimum atomic E-state index is -0.0769. The molecule has 0 saturated heterocycles. The van der Waals surface area contributed by atoms with Gasteiger partial charge in [-0.15, -0.1) is 6.42 Å². The third-order valence-corrected chi connectivity index (χ3v) is 3.10. The molecule has 2 nitrogen and oxygen atoms in total. The Morgan fingerprint density at radius 3 is 2.93 bits per heavy atom. The van der Waals surface area contributed by atoms with Crippen LogP contribution in [-0.2, 0) is 11.8 Å². The largest absolute Gasteiger partial charge is 0.361 e. The summed E-state index contributed by atoms with van der Waals surface area (Å²) in [4.78, 5) is 0. The topological polar surface area (TPSA) is 26.0 Å². The zero-order valence-electron chi connectivity index (χ0n) is 9.25. The van der Waals surface area contributed by atoms with Gasteiger partial charge in [-0.2, -0.15) is 0 Å². The second-order valence-electron chi connectivity index (χ2n) is 4.36. The summed E-state index contributed by atoms with van der Waals surface area (Å²) in [6.45, 7) is 2.20. The van der Waals surface area contributed by atoms with E-state index in [2.05, 4.69) is 18.0 Å². The van der Waals surface area contributed by atoms with Gasteiger partial charge in [-0.1, -0.05) is 30.8 Å². The molecule has 15 heavy (non-hydrogen) atoms. The fourth-order valence-electron chi connectivity index (χ4n) is 1.80. The third-order valence-electron chi connectivity index (χ3n) is 3.10. The maximum absolute atomic E-state index is 5.50. The first kappa shape index (κ1) is 10.3. The van der Waals surface area contributed by atoms with Crippen LogP contribution in [0.2, 0.25) is 0 Å². The fourth-order valence-corrected chi connectivity index (χ4v) is 1.80. The summed E-state index contributed by atoms with van der Waals surface area (Å²) in [5, 5.41) is 4.08. The van der Waals surface area contributed by atoms with E-state index in [4.69, 9.17) is 10.9 Å². The molecule has 0 spiro atoms. The highest BCUT2D eigenvalue weighted by atomic mass is 16.5. The van der Waals surface area contributed by atoms with Crippen LogP contribution in [0.1, 0.15) is 50.5 Å². The molecule has 1 heterocycles. The van der Waals surface area contributed by atoms with Gasteiger partial charge in [-0.05, 0) is 19.3 Å². The Kier molecular flexibility index (Phi) is 2.81. The zero-order valence-corrected chi connectivity index (χ0v) is 9.25. The van der Waals surface area contributed by atoms with Crippen LogP contribution in [0.15, 0.2) is 10.6 Å². The SMILES string of the molecule is C#CC1(c2cc(CCCCC)on2)CC1. The van der Waals surface area contributed by atoms with Crippen LogP contribution in [-0.4, -0.2) is 5.16 Å². The number of hydrogen-bond acceptors (Lipinski definition) is 2. The van der Waals surface area contributed by atoms with Gasteiger partial charge in [0, 0.05) is 12.5 Å². The van der Waals surface area contributed by atoms with Gasteiger partial charge in [0.2, 0.25) is 0 Å². The van der Waals surface area contributed by atoms with Crippen LogP contribution >= 0.6 is 0 Å². The van der Waals surface area contributed by atoms with E-state index in [0.717, 1.165) is 30.7 Å². The number of terminal acetylenes is 1. The Hall–Kier alpha value is -1.23. The predicted molar refractivity (Wildman–Crippen MR) is 59.5 cm³/mol. The maximum Gasteiger partial charge on any atom is 0.137 e. The molecule has 0 amide bonds. The quantitative estimate of drug-likeness (QED) is 0.543. The summed E-state index contributed by atoms with van der Waals surface area (Å²) in [5.41, 5.74) is 0.892. The van der Waals surface area contributed by atoms with Crippen LogP contribution in [0.3, 0.4) is 0 Å². The molecule has 0 aromatic carbocycles. The molecule has 2 heteroatoms. The number of aromatic nitrogens is 1. The van der Waals surface area contributed by atoms with Gasteiger partial charge in [0.05, 0.1) is 5.41 Å². The van der Waals surface area contributed by atoms with Crippen molar-refractivity contribution in [3.05, 3.63) is 17.5 Å². The highest BCUT2D eigenvalue weighted by Crippen LogP contribution is 2.46.